The van der Waals surface area contributed by atoms with Gasteiger partial charge in [-0.15, -0.1) is 4.73 Å². The maximum atomic E-state index is 11.8. The van der Waals surface area contributed by atoms with Gasteiger partial charge in [-0.1, -0.05) is 11.6 Å². The maximum Gasteiger partial charge on any atom is 0.307 e. The topological polar surface area (TPSA) is 59.5 Å². The average molecular weight is 236 g/mol. The van der Waals surface area contributed by atoms with E-state index < -0.39 is 5.56 Å². The van der Waals surface area contributed by atoms with Crippen molar-refractivity contribution in [3.63, 3.8) is 0 Å². The van der Waals surface area contributed by atoms with Gasteiger partial charge in [0, 0.05) is 6.20 Å². The first-order chi connectivity index (χ1) is 7.70. The summed E-state index contributed by atoms with van der Waals surface area (Å²) in [7, 11) is 0. The molecule has 0 bridgehead atoms. The van der Waals surface area contributed by atoms with Crippen molar-refractivity contribution in [1.82, 2.24) is 14.1 Å². The minimum absolute atomic E-state index is 0.290. The molecule has 3 heterocycles. The van der Waals surface area contributed by atoms with Crippen LogP contribution in [0, 0.1) is 0 Å². The molecule has 0 saturated carbocycles. The zero-order chi connectivity index (χ0) is 11.3. The van der Waals surface area contributed by atoms with Crippen molar-refractivity contribution < 1.29 is 5.21 Å². The fourth-order valence-electron chi connectivity index (χ4n) is 1.74. The van der Waals surface area contributed by atoms with Crippen LogP contribution in [0.15, 0.2) is 35.3 Å². The Bertz CT molecular complexity index is 760. The molecule has 0 radical (unpaired) electrons. The highest BCUT2D eigenvalue weighted by Gasteiger charge is 2.12. The summed E-state index contributed by atoms with van der Waals surface area (Å²) in [5, 5.41) is 10.1. The molecule has 0 aliphatic rings. The van der Waals surface area contributed by atoms with Crippen molar-refractivity contribution in [2.24, 2.45) is 0 Å². The number of rotatable bonds is 0. The molecule has 0 aliphatic heterocycles. The molecular weight excluding hydrogens is 230 g/mol. The molecule has 16 heavy (non-hydrogen) atoms. The fraction of sp³-hybridized carbons (Fsp3) is 0. The summed E-state index contributed by atoms with van der Waals surface area (Å²) < 4.78 is 2.08. The molecule has 0 aliphatic carbocycles. The summed E-state index contributed by atoms with van der Waals surface area (Å²) in [4.78, 5) is 15.9. The first-order valence-electron chi connectivity index (χ1n) is 4.56. The molecule has 0 spiro atoms. The van der Waals surface area contributed by atoms with Gasteiger partial charge in [0.25, 0.3) is 0 Å². The van der Waals surface area contributed by atoms with Crippen LogP contribution in [0.1, 0.15) is 0 Å². The van der Waals surface area contributed by atoms with E-state index in [-0.39, 0.29) is 0 Å². The third kappa shape index (κ3) is 1.00. The predicted molar refractivity (Wildman–Crippen MR) is 59.2 cm³/mol. The number of hydrogen-bond donors (Lipinski definition) is 1. The lowest BCUT2D eigenvalue weighted by Crippen LogP contribution is -2.20. The molecule has 3 aromatic heterocycles. The summed E-state index contributed by atoms with van der Waals surface area (Å²) in [5.74, 6) is 0. The smallest absolute Gasteiger partial charge is 0.307 e. The van der Waals surface area contributed by atoms with Crippen molar-refractivity contribution in [1.29, 1.82) is 0 Å². The van der Waals surface area contributed by atoms with Crippen LogP contribution in [0.4, 0.5) is 0 Å². The third-order valence-corrected chi connectivity index (χ3v) is 2.75. The van der Waals surface area contributed by atoms with E-state index in [0.29, 0.717) is 26.6 Å². The first kappa shape index (κ1) is 9.23. The molecule has 0 amide bonds. The molecule has 0 atom stereocenters. The molecule has 5 nitrogen and oxygen atoms in total. The van der Waals surface area contributed by atoms with Crippen LogP contribution in [0.5, 0.6) is 0 Å². The largest absolute Gasteiger partial charge is 0.425 e. The molecular formula is C10H6ClN3O2. The lowest BCUT2D eigenvalue weighted by molar-refractivity contribution is 0.189. The zero-order valence-electron chi connectivity index (χ0n) is 7.96. The van der Waals surface area contributed by atoms with E-state index in [1.54, 1.807) is 30.5 Å². The highest BCUT2D eigenvalue weighted by molar-refractivity contribution is 6.30. The fourth-order valence-corrected chi connectivity index (χ4v) is 1.97. The van der Waals surface area contributed by atoms with E-state index >= 15 is 0 Å². The summed E-state index contributed by atoms with van der Waals surface area (Å²) in [6, 6.07) is 6.37. The van der Waals surface area contributed by atoms with Gasteiger partial charge in [0.2, 0.25) is 0 Å². The summed E-state index contributed by atoms with van der Waals surface area (Å²) in [5.41, 5.74) is 0.527. The summed E-state index contributed by atoms with van der Waals surface area (Å²) >= 11 is 5.97. The highest BCUT2D eigenvalue weighted by atomic mass is 35.5. The SMILES string of the molecule is O=c1c2ccc(Cl)n2c2ncccc2n1O. The molecule has 3 aromatic rings. The average Bonchev–Trinajstić information content (AvgIpc) is 2.69. The Morgan fingerprint density at radius 3 is 2.88 bits per heavy atom. The van der Waals surface area contributed by atoms with Crippen LogP contribution < -0.4 is 5.56 Å². The molecule has 3 rings (SSSR count). The van der Waals surface area contributed by atoms with Crippen LogP contribution in [-0.2, 0) is 0 Å². The zero-order valence-corrected chi connectivity index (χ0v) is 8.72. The number of fused-ring (bicyclic) bond motifs is 3. The molecule has 0 unspecified atom stereocenters. The Labute approximate surface area is 94.1 Å². The number of halogens is 1. The van der Waals surface area contributed by atoms with Gasteiger partial charge in [0.05, 0.1) is 0 Å². The van der Waals surface area contributed by atoms with Crippen LogP contribution in [0.3, 0.4) is 0 Å². The van der Waals surface area contributed by atoms with Crippen LogP contribution in [-0.4, -0.2) is 19.3 Å². The molecule has 6 heteroatoms. The van der Waals surface area contributed by atoms with Crippen molar-refractivity contribution in [2.45, 2.75) is 0 Å². The van der Waals surface area contributed by atoms with Crippen molar-refractivity contribution >= 4 is 28.3 Å². The Morgan fingerprint density at radius 2 is 2.06 bits per heavy atom. The van der Waals surface area contributed by atoms with Gasteiger partial charge >= 0.3 is 5.56 Å². The van der Waals surface area contributed by atoms with E-state index in [1.807, 2.05) is 0 Å². The molecule has 0 aromatic carbocycles. The monoisotopic (exact) mass is 235 g/mol. The Balaban J connectivity index is 2.77. The van der Waals surface area contributed by atoms with Gasteiger partial charge in [-0.2, -0.15) is 0 Å². The lowest BCUT2D eigenvalue weighted by atomic mass is 10.4. The molecule has 0 saturated heterocycles. The number of nitrogens with zero attached hydrogens (tertiary/aromatic N) is 3. The molecule has 1 N–H and O–H groups in total. The second-order valence-corrected chi connectivity index (χ2v) is 3.73. The van der Waals surface area contributed by atoms with Gasteiger partial charge in [-0.25, -0.2) is 4.98 Å². The van der Waals surface area contributed by atoms with E-state index in [1.165, 1.54) is 4.40 Å². The van der Waals surface area contributed by atoms with E-state index in [2.05, 4.69) is 4.98 Å². The Kier molecular flexibility index (Phi) is 1.73. The molecule has 0 fully saturated rings. The number of hydrogen-bond acceptors (Lipinski definition) is 3. The second kappa shape index (κ2) is 2.99. The van der Waals surface area contributed by atoms with Gasteiger partial charge in [0.15, 0.2) is 5.65 Å². The van der Waals surface area contributed by atoms with Gasteiger partial charge in [-0.3, -0.25) is 9.20 Å². The Hall–Kier alpha value is -2.01. The van der Waals surface area contributed by atoms with Gasteiger partial charge < -0.3 is 5.21 Å². The highest BCUT2D eigenvalue weighted by Crippen LogP contribution is 2.18. The minimum Gasteiger partial charge on any atom is -0.425 e. The minimum atomic E-state index is -0.521. The number of aromatic nitrogens is 3. The predicted octanol–water partition coefficient (Wildman–Crippen LogP) is 1.54. The van der Waals surface area contributed by atoms with E-state index in [4.69, 9.17) is 11.6 Å². The summed E-state index contributed by atoms with van der Waals surface area (Å²) in [6.45, 7) is 0. The maximum absolute atomic E-state index is 11.8. The van der Waals surface area contributed by atoms with Crippen LogP contribution in [0.2, 0.25) is 5.15 Å². The first-order valence-corrected chi connectivity index (χ1v) is 4.94. The molecule has 80 valence electrons. The number of pyridine rings is 1. The lowest BCUT2D eigenvalue weighted by Gasteiger charge is -2.05. The van der Waals surface area contributed by atoms with Crippen LogP contribution in [0.25, 0.3) is 16.7 Å². The normalized spacial score (nSPS) is 11.3. The van der Waals surface area contributed by atoms with Crippen molar-refractivity contribution in [3.8, 4) is 0 Å². The van der Waals surface area contributed by atoms with Gasteiger partial charge in [-0.05, 0) is 24.3 Å². The third-order valence-electron chi connectivity index (χ3n) is 2.45. The summed E-state index contributed by atoms with van der Waals surface area (Å²) in [6.07, 6.45) is 1.57. The Morgan fingerprint density at radius 1 is 1.25 bits per heavy atom. The van der Waals surface area contributed by atoms with Crippen LogP contribution >= 0.6 is 11.6 Å². The quantitative estimate of drug-likeness (QED) is 0.602. The van der Waals surface area contributed by atoms with Gasteiger partial charge in [0.1, 0.15) is 16.2 Å². The van der Waals surface area contributed by atoms with Crippen molar-refractivity contribution in [3.05, 3.63) is 46.0 Å². The standard InChI is InChI=1S/C10H6ClN3O2/c11-8-4-3-7-10(15)14(16)6-2-1-5-12-9(6)13(7)8/h1-5,16H. The van der Waals surface area contributed by atoms with E-state index in [9.17, 15) is 10.0 Å². The van der Waals surface area contributed by atoms with E-state index in [0.717, 1.165) is 0 Å². The second-order valence-electron chi connectivity index (χ2n) is 3.34. The van der Waals surface area contributed by atoms with Crippen molar-refractivity contribution in [2.75, 3.05) is 0 Å².